The van der Waals surface area contributed by atoms with Gasteiger partial charge in [-0.2, -0.15) is 4.98 Å². The summed E-state index contributed by atoms with van der Waals surface area (Å²) in [5, 5.41) is 3.86. The number of benzene rings is 1. The summed E-state index contributed by atoms with van der Waals surface area (Å²) in [4.78, 5) is 12.4. The van der Waals surface area contributed by atoms with Gasteiger partial charge in [0.15, 0.2) is 0 Å². The molecule has 0 fully saturated rings. The van der Waals surface area contributed by atoms with Gasteiger partial charge in [-0.05, 0) is 24.3 Å². The van der Waals surface area contributed by atoms with E-state index in [0.717, 1.165) is 11.1 Å². The molecule has 0 saturated carbocycles. The molecule has 0 aliphatic carbocycles. The first-order valence-electron chi connectivity index (χ1n) is 5.55. The molecule has 5 heteroatoms. The van der Waals surface area contributed by atoms with Crippen LogP contribution >= 0.6 is 0 Å². The summed E-state index contributed by atoms with van der Waals surface area (Å²) >= 11 is 0. The standard InChI is InChI=1S/C14H8N4O/c1-2-10-5-3-6-11(9-10)14-17-13(18-19-14)12-15-7-4-8-16-12/h1,3-9H. The molecule has 2 heterocycles. The molecule has 0 aliphatic heterocycles. The first-order valence-corrected chi connectivity index (χ1v) is 5.55. The van der Waals surface area contributed by atoms with Crippen molar-refractivity contribution < 1.29 is 4.52 Å². The summed E-state index contributed by atoms with van der Waals surface area (Å²) in [7, 11) is 0. The van der Waals surface area contributed by atoms with Gasteiger partial charge >= 0.3 is 0 Å². The Hall–Kier alpha value is -3.00. The molecule has 1 aromatic carbocycles. The van der Waals surface area contributed by atoms with Gasteiger partial charge in [-0.3, -0.25) is 0 Å². The highest BCUT2D eigenvalue weighted by molar-refractivity contribution is 5.58. The van der Waals surface area contributed by atoms with E-state index in [-0.39, 0.29) is 0 Å². The normalized spacial score (nSPS) is 10.1. The van der Waals surface area contributed by atoms with Gasteiger partial charge in [-0.1, -0.05) is 17.1 Å². The average molecular weight is 248 g/mol. The van der Waals surface area contributed by atoms with Crippen molar-refractivity contribution >= 4 is 0 Å². The number of hydrogen-bond donors (Lipinski definition) is 0. The molecule has 0 atom stereocenters. The minimum atomic E-state index is 0.349. The van der Waals surface area contributed by atoms with Crippen molar-refractivity contribution in [3.8, 4) is 35.4 Å². The Balaban J connectivity index is 2.00. The largest absolute Gasteiger partial charge is 0.333 e. The van der Waals surface area contributed by atoms with Crippen molar-refractivity contribution in [1.82, 2.24) is 20.1 Å². The summed E-state index contributed by atoms with van der Waals surface area (Å²) in [6.45, 7) is 0. The first kappa shape index (κ1) is 11.1. The van der Waals surface area contributed by atoms with Crippen LogP contribution in [0, 0.1) is 12.3 Å². The molecule has 19 heavy (non-hydrogen) atoms. The average Bonchev–Trinajstić information content (AvgIpc) is 2.98. The van der Waals surface area contributed by atoms with Gasteiger partial charge in [0.2, 0.25) is 11.6 Å². The Morgan fingerprint density at radius 2 is 1.89 bits per heavy atom. The molecule has 2 aromatic heterocycles. The van der Waals surface area contributed by atoms with Gasteiger partial charge in [0.25, 0.3) is 5.89 Å². The third-order valence-corrected chi connectivity index (χ3v) is 2.47. The van der Waals surface area contributed by atoms with Crippen LogP contribution in [0.25, 0.3) is 23.1 Å². The third-order valence-electron chi connectivity index (χ3n) is 2.47. The van der Waals surface area contributed by atoms with E-state index in [1.54, 1.807) is 18.5 Å². The Morgan fingerprint density at radius 3 is 2.68 bits per heavy atom. The Labute approximate surface area is 109 Å². The Bertz CT molecular complexity index is 743. The van der Waals surface area contributed by atoms with Crippen LogP contribution in [-0.4, -0.2) is 20.1 Å². The van der Waals surface area contributed by atoms with E-state index in [1.807, 2.05) is 24.3 Å². The van der Waals surface area contributed by atoms with Crippen LogP contribution in [0.2, 0.25) is 0 Å². The summed E-state index contributed by atoms with van der Waals surface area (Å²) in [5.74, 6) is 3.72. The van der Waals surface area contributed by atoms with Crippen molar-refractivity contribution in [2.75, 3.05) is 0 Å². The molecule has 0 bridgehead atoms. The number of rotatable bonds is 2. The second kappa shape index (κ2) is 4.70. The van der Waals surface area contributed by atoms with Crippen molar-refractivity contribution in [2.45, 2.75) is 0 Å². The molecule has 0 amide bonds. The first-order chi connectivity index (χ1) is 9.36. The highest BCUT2D eigenvalue weighted by atomic mass is 16.5. The summed E-state index contributed by atoms with van der Waals surface area (Å²) in [6.07, 6.45) is 8.60. The maximum Gasteiger partial charge on any atom is 0.258 e. The Kier molecular flexibility index (Phi) is 2.75. The van der Waals surface area contributed by atoms with Crippen LogP contribution in [0.15, 0.2) is 47.2 Å². The lowest BCUT2D eigenvalue weighted by atomic mass is 10.1. The van der Waals surface area contributed by atoms with Gasteiger partial charge in [0.1, 0.15) is 0 Å². The fourth-order valence-electron chi connectivity index (χ4n) is 1.59. The van der Waals surface area contributed by atoms with E-state index in [1.165, 1.54) is 0 Å². The van der Waals surface area contributed by atoms with E-state index in [9.17, 15) is 0 Å². The van der Waals surface area contributed by atoms with Crippen LogP contribution in [-0.2, 0) is 0 Å². The molecule has 3 aromatic rings. The summed E-state index contributed by atoms with van der Waals surface area (Å²) < 4.78 is 5.19. The molecule has 3 rings (SSSR count). The monoisotopic (exact) mass is 248 g/mol. The maximum absolute atomic E-state index is 5.36. The molecule has 0 radical (unpaired) electrons. The van der Waals surface area contributed by atoms with Crippen molar-refractivity contribution in [2.24, 2.45) is 0 Å². The van der Waals surface area contributed by atoms with Gasteiger partial charge in [-0.25, -0.2) is 9.97 Å². The predicted molar refractivity (Wildman–Crippen MR) is 68.7 cm³/mol. The lowest BCUT2D eigenvalue weighted by Gasteiger charge is -1.94. The second-order valence-corrected chi connectivity index (χ2v) is 3.72. The van der Waals surface area contributed by atoms with Crippen LogP contribution in [0.4, 0.5) is 0 Å². The molecule has 0 spiro atoms. The fourth-order valence-corrected chi connectivity index (χ4v) is 1.59. The summed E-state index contributed by atoms with van der Waals surface area (Å²) in [5.41, 5.74) is 1.53. The zero-order chi connectivity index (χ0) is 13.1. The zero-order valence-corrected chi connectivity index (χ0v) is 9.82. The van der Waals surface area contributed by atoms with Crippen LogP contribution in [0.5, 0.6) is 0 Å². The number of terminal acetylenes is 1. The lowest BCUT2D eigenvalue weighted by molar-refractivity contribution is 0.432. The van der Waals surface area contributed by atoms with Crippen molar-refractivity contribution in [1.29, 1.82) is 0 Å². The summed E-state index contributed by atoms with van der Waals surface area (Å²) in [6, 6.07) is 9.06. The van der Waals surface area contributed by atoms with Gasteiger partial charge < -0.3 is 4.52 Å². The second-order valence-electron chi connectivity index (χ2n) is 3.72. The highest BCUT2D eigenvalue weighted by Crippen LogP contribution is 2.20. The molecular weight excluding hydrogens is 240 g/mol. The molecule has 0 aliphatic rings. The fraction of sp³-hybridized carbons (Fsp3) is 0. The third kappa shape index (κ3) is 2.19. The molecule has 0 N–H and O–H groups in total. The van der Waals surface area contributed by atoms with Crippen LogP contribution in [0.1, 0.15) is 5.56 Å². The minimum absolute atomic E-state index is 0.349. The lowest BCUT2D eigenvalue weighted by Crippen LogP contribution is -1.88. The van der Waals surface area contributed by atoms with Crippen molar-refractivity contribution in [3.63, 3.8) is 0 Å². The number of hydrogen-bond acceptors (Lipinski definition) is 5. The van der Waals surface area contributed by atoms with E-state index in [0.29, 0.717) is 17.5 Å². The Morgan fingerprint density at radius 1 is 1.05 bits per heavy atom. The highest BCUT2D eigenvalue weighted by Gasteiger charge is 2.12. The molecule has 5 nitrogen and oxygen atoms in total. The van der Waals surface area contributed by atoms with Gasteiger partial charge in [-0.15, -0.1) is 6.42 Å². The smallest absolute Gasteiger partial charge is 0.258 e. The predicted octanol–water partition coefficient (Wildman–Crippen LogP) is 2.17. The maximum atomic E-state index is 5.36. The number of aromatic nitrogens is 4. The van der Waals surface area contributed by atoms with Crippen LogP contribution in [0.3, 0.4) is 0 Å². The zero-order valence-electron chi connectivity index (χ0n) is 9.82. The molecule has 90 valence electrons. The number of nitrogens with zero attached hydrogens (tertiary/aromatic N) is 4. The molecule has 0 unspecified atom stereocenters. The van der Waals surface area contributed by atoms with E-state index in [4.69, 9.17) is 10.9 Å². The quantitative estimate of drug-likeness (QED) is 0.650. The molecule has 0 saturated heterocycles. The van der Waals surface area contributed by atoms with Gasteiger partial charge in [0.05, 0.1) is 0 Å². The van der Waals surface area contributed by atoms with E-state index >= 15 is 0 Å². The van der Waals surface area contributed by atoms with Crippen molar-refractivity contribution in [3.05, 3.63) is 48.3 Å². The van der Waals surface area contributed by atoms with E-state index < -0.39 is 0 Å². The SMILES string of the molecule is C#Cc1cccc(-c2nc(-c3ncccn3)no2)c1. The minimum Gasteiger partial charge on any atom is -0.333 e. The van der Waals surface area contributed by atoms with Gasteiger partial charge in [0, 0.05) is 23.5 Å². The van der Waals surface area contributed by atoms with Crippen LogP contribution < -0.4 is 0 Å². The molecular formula is C14H8N4O. The van der Waals surface area contributed by atoms with E-state index in [2.05, 4.69) is 26.0 Å². The topological polar surface area (TPSA) is 64.7 Å².